The van der Waals surface area contributed by atoms with Crippen LogP contribution < -0.4 is 0 Å². The van der Waals surface area contributed by atoms with Crippen LogP contribution in [0.25, 0.3) is 0 Å². The highest BCUT2D eigenvalue weighted by Crippen LogP contribution is 2.38. The minimum absolute atomic E-state index is 0.122. The van der Waals surface area contributed by atoms with Crippen molar-refractivity contribution in [1.29, 1.82) is 0 Å². The van der Waals surface area contributed by atoms with E-state index in [1.54, 1.807) is 0 Å². The number of carbonyl (C=O) groups is 2. The van der Waals surface area contributed by atoms with Crippen LogP contribution in [-0.4, -0.2) is 11.9 Å². The molecule has 0 saturated heterocycles. The molecule has 0 heterocycles. The highest BCUT2D eigenvalue weighted by molar-refractivity contribution is 5.82. The molecule has 41 heavy (non-hydrogen) atoms. The van der Waals surface area contributed by atoms with Crippen molar-refractivity contribution in [3.8, 4) is 0 Å². The molecule has 0 radical (unpaired) electrons. The molecule has 3 rings (SSSR count). The van der Waals surface area contributed by atoms with E-state index in [2.05, 4.69) is 71.2 Å². The molecule has 1 atom stereocenters. The quantitative estimate of drug-likeness (QED) is 0.167. The number of rotatable bonds is 13. The minimum Gasteiger partial charge on any atom is -0.424 e. The second-order valence-electron chi connectivity index (χ2n) is 12.8. The molecule has 1 fully saturated rings. The molecule has 0 amide bonds. The summed E-state index contributed by atoms with van der Waals surface area (Å²) in [5.74, 6) is 1.89. The summed E-state index contributed by atoms with van der Waals surface area (Å²) in [6.45, 7) is 15.8. The normalized spacial score (nSPS) is 25.5. The molecule has 0 aromatic carbocycles. The molecule has 1 unspecified atom stereocenters. The van der Waals surface area contributed by atoms with E-state index in [4.69, 9.17) is 9.47 Å². The van der Waals surface area contributed by atoms with Gasteiger partial charge in [0.05, 0.1) is 0 Å². The first-order valence-corrected chi connectivity index (χ1v) is 15.5. The molecule has 0 aliphatic heterocycles. The number of unbranched alkanes of at least 4 members (excludes halogenated alkanes) is 1. The van der Waals surface area contributed by atoms with Gasteiger partial charge < -0.3 is 9.47 Å². The smallest absolute Gasteiger partial charge is 0.335 e. The predicted molar refractivity (Wildman–Crippen MR) is 169 cm³/mol. The van der Waals surface area contributed by atoms with Crippen molar-refractivity contribution in [2.24, 2.45) is 22.7 Å². The molecule has 3 aliphatic rings. The van der Waals surface area contributed by atoms with Crippen molar-refractivity contribution in [2.45, 2.75) is 98.3 Å². The fourth-order valence-corrected chi connectivity index (χ4v) is 6.25. The molecule has 0 aromatic heterocycles. The largest absolute Gasteiger partial charge is 0.424 e. The summed E-state index contributed by atoms with van der Waals surface area (Å²) in [5.41, 5.74) is 2.35. The van der Waals surface area contributed by atoms with Gasteiger partial charge in [0.15, 0.2) is 0 Å². The van der Waals surface area contributed by atoms with Gasteiger partial charge in [-0.2, -0.15) is 0 Å². The number of hydrogen-bond acceptors (Lipinski definition) is 4. The van der Waals surface area contributed by atoms with Crippen molar-refractivity contribution in [3.05, 3.63) is 96.6 Å². The number of esters is 2. The summed E-state index contributed by atoms with van der Waals surface area (Å²) in [6.07, 6.45) is 32.3. The maximum Gasteiger partial charge on any atom is 0.335 e. The number of hydrogen-bond donors (Lipinski definition) is 0. The Morgan fingerprint density at radius 3 is 1.76 bits per heavy atom. The zero-order valence-corrected chi connectivity index (χ0v) is 25.8. The third kappa shape index (κ3) is 11.0. The predicted octanol–water partition coefficient (Wildman–Crippen LogP) is 9.79. The summed E-state index contributed by atoms with van der Waals surface area (Å²) < 4.78 is 10.9. The molecular weight excluding hydrogens is 508 g/mol. The molecule has 222 valence electrons. The topological polar surface area (TPSA) is 52.6 Å². The van der Waals surface area contributed by atoms with Crippen molar-refractivity contribution in [2.75, 3.05) is 0 Å². The first-order valence-electron chi connectivity index (χ1n) is 15.5. The lowest BCUT2D eigenvalue weighted by atomic mass is 9.77. The van der Waals surface area contributed by atoms with Crippen LogP contribution in [0.15, 0.2) is 96.6 Å². The lowest BCUT2D eigenvalue weighted by Crippen LogP contribution is -2.15. The Morgan fingerprint density at radius 1 is 0.780 bits per heavy atom. The van der Waals surface area contributed by atoms with E-state index in [-0.39, 0.29) is 10.8 Å². The lowest BCUT2D eigenvalue weighted by molar-refractivity contribution is -0.134. The van der Waals surface area contributed by atoms with Gasteiger partial charge in [0, 0.05) is 23.0 Å². The van der Waals surface area contributed by atoms with E-state index < -0.39 is 11.9 Å². The average molecular weight is 559 g/mol. The highest BCUT2D eigenvalue weighted by Gasteiger charge is 2.25. The standard InChI is InChI=1S/C37H50O4/c1-7-10-23-37(6)25-31(20-22-33(27-37)41-35(39)9-3)18-16-29-13-11-28(12-14-29)15-17-30-19-21-32(40-34(38)8-2)26-36(4,5)24-30/h8-9,19-22,24-29H,2-3,7,10-18,23H2,1,4-6H3. The summed E-state index contributed by atoms with van der Waals surface area (Å²) in [5, 5.41) is 0. The van der Waals surface area contributed by atoms with Gasteiger partial charge >= 0.3 is 11.9 Å². The highest BCUT2D eigenvalue weighted by atomic mass is 16.5. The van der Waals surface area contributed by atoms with Crippen LogP contribution in [0.4, 0.5) is 0 Å². The van der Waals surface area contributed by atoms with Gasteiger partial charge in [-0.15, -0.1) is 0 Å². The summed E-state index contributed by atoms with van der Waals surface area (Å²) in [4.78, 5) is 23.5. The van der Waals surface area contributed by atoms with Gasteiger partial charge in [-0.25, -0.2) is 9.59 Å². The first kappa shape index (κ1) is 32.4. The van der Waals surface area contributed by atoms with Gasteiger partial charge in [0.2, 0.25) is 0 Å². The van der Waals surface area contributed by atoms with E-state index in [0.29, 0.717) is 11.5 Å². The fourth-order valence-electron chi connectivity index (χ4n) is 6.25. The van der Waals surface area contributed by atoms with Crippen LogP contribution >= 0.6 is 0 Å². The third-order valence-electron chi connectivity index (χ3n) is 8.47. The van der Waals surface area contributed by atoms with E-state index in [1.165, 1.54) is 61.8 Å². The number of carbonyl (C=O) groups excluding carboxylic acids is 2. The second-order valence-corrected chi connectivity index (χ2v) is 12.8. The zero-order chi connectivity index (χ0) is 29.9. The maximum atomic E-state index is 11.8. The summed E-state index contributed by atoms with van der Waals surface area (Å²) in [6, 6.07) is 0. The zero-order valence-electron chi connectivity index (χ0n) is 25.8. The Labute approximate surface area is 248 Å². The molecule has 1 saturated carbocycles. The van der Waals surface area contributed by atoms with Crippen molar-refractivity contribution in [1.82, 2.24) is 0 Å². The molecule has 4 heteroatoms. The van der Waals surface area contributed by atoms with Gasteiger partial charge in [0.1, 0.15) is 11.5 Å². The van der Waals surface area contributed by atoms with E-state index in [9.17, 15) is 9.59 Å². The second kappa shape index (κ2) is 15.2. The molecule has 4 nitrogen and oxygen atoms in total. The molecule has 3 aliphatic carbocycles. The van der Waals surface area contributed by atoms with Crippen LogP contribution in [0, 0.1) is 22.7 Å². The first-order chi connectivity index (χ1) is 19.5. The molecule has 0 N–H and O–H groups in total. The van der Waals surface area contributed by atoms with E-state index in [0.717, 1.165) is 43.9 Å². The van der Waals surface area contributed by atoms with Gasteiger partial charge in [-0.3, -0.25) is 0 Å². The molecule has 0 spiro atoms. The van der Waals surface area contributed by atoms with Crippen LogP contribution in [0.3, 0.4) is 0 Å². The Hall–Kier alpha value is -3.14. The van der Waals surface area contributed by atoms with Gasteiger partial charge in [0.25, 0.3) is 0 Å². The summed E-state index contributed by atoms with van der Waals surface area (Å²) in [7, 11) is 0. The fraction of sp³-hybridized carbons (Fsp3) is 0.514. The Morgan fingerprint density at radius 2 is 1.27 bits per heavy atom. The van der Waals surface area contributed by atoms with Crippen molar-refractivity contribution < 1.29 is 19.1 Å². The third-order valence-corrected chi connectivity index (χ3v) is 8.47. The maximum absolute atomic E-state index is 11.8. The minimum atomic E-state index is -0.427. The number of ether oxygens (including phenoxy) is 2. The Kier molecular flexibility index (Phi) is 12.0. The van der Waals surface area contributed by atoms with E-state index >= 15 is 0 Å². The molecule has 0 bridgehead atoms. The Balaban J connectivity index is 1.50. The van der Waals surface area contributed by atoms with Crippen LogP contribution in [0.5, 0.6) is 0 Å². The SMILES string of the molecule is C=CC(=O)OC1=CC(C)(C)C=C(CCC2CCC(CCC3=CC(C)(CCCC)C=C(OC(=O)C=C)C=C3)CC2)C=C1. The molecule has 0 aromatic rings. The average Bonchev–Trinajstić information content (AvgIpc) is 3.19. The summed E-state index contributed by atoms with van der Waals surface area (Å²) >= 11 is 0. The van der Waals surface area contributed by atoms with Crippen LogP contribution in [0.2, 0.25) is 0 Å². The van der Waals surface area contributed by atoms with Crippen molar-refractivity contribution >= 4 is 11.9 Å². The van der Waals surface area contributed by atoms with Gasteiger partial charge in [-0.05, 0) is 68.2 Å². The number of allylic oxidation sites excluding steroid dienone is 10. The monoisotopic (exact) mass is 558 g/mol. The van der Waals surface area contributed by atoms with Gasteiger partial charge in [-0.1, -0.05) is 115 Å². The van der Waals surface area contributed by atoms with Crippen molar-refractivity contribution in [3.63, 3.8) is 0 Å². The Bertz CT molecular complexity index is 1150. The lowest BCUT2D eigenvalue weighted by Gasteiger charge is -2.29. The van der Waals surface area contributed by atoms with E-state index in [1.807, 2.05) is 18.2 Å². The molecular formula is C37H50O4. The van der Waals surface area contributed by atoms with Crippen LogP contribution in [-0.2, 0) is 19.1 Å². The van der Waals surface area contributed by atoms with Crippen LogP contribution in [0.1, 0.15) is 98.3 Å².